The first-order chi connectivity index (χ1) is 24.8. The Morgan fingerprint density at radius 2 is 1.04 bits per heavy atom. The van der Waals surface area contributed by atoms with E-state index < -0.39 is 0 Å². The van der Waals surface area contributed by atoms with Gasteiger partial charge < -0.3 is 0 Å². The quantitative estimate of drug-likeness (QED) is 0.167. The van der Waals surface area contributed by atoms with Crippen LogP contribution >= 0.6 is 0 Å². The predicted molar refractivity (Wildman–Crippen MR) is 206 cm³/mol. The molecule has 0 saturated carbocycles. The van der Waals surface area contributed by atoms with Crippen LogP contribution in [-0.2, 0) is 0 Å². The van der Waals surface area contributed by atoms with Crippen molar-refractivity contribution in [3.05, 3.63) is 164 Å². The van der Waals surface area contributed by atoms with Crippen molar-refractivity contribution in [2.24, 2.45) is 0 Å². The van der Waals surface area contributed by atoms with Crippen LogP contribution in [0.2, 0.25) is 0 Å². The van der Waals surface area contributed by atoms with Crippen molar-refractivity contribution in [2.45, 2.75) is 0 Å². The fraction of sp³-hybridized carbons (Fsp3) is 0. The first kappa shape index (κ1) is 28.8. The van der Waals surface area contributed by atoms with Gasteiger partial charge in [0.2, 0.25) is 0 Å². The van der Waals surface area contributed by atoms with Gasteiger partial charge in [-0.1, -0.05) is 30.3 Å². The average molecular weight is 705 g/mol. The fourth-order valence-corrected chi connectivity index (χ4v) is 9.25. The summed E-state index contributed by atoms with van der Waals surface area (Å²) in [5.41, 5.74) is 8.55. The molecule has 0 amide bonds. The Morgan fingerprint density at radius 1 is 0.400 bits per heavy atom. The van der Waals surface area contributed by atoms with E-state index in [2.05, 4.69) is 150 Å². The Kier molecular flexibility index (Phi) is 6.76. The average Bonchev–Trinajstić information content (AvgIpc) is 3.78. The molecular weight excluding hydrogens is 677 g/mol. The van der Waals surface area contributed by atoms with Gasteiger partial charge in [0.15, 0.2) is 0 Å². The Bertz CT molecular complexity index is 2860. The molecule has 0 saturated heterocycles. The molecule has 7 aromatic carbocycles. The molecule has 0 atom stereocenters. The molecule has 3 aromatic heterocycles. The molecule has 0 aliphatic carbocycles. The maximum atomic E-state index is 5.20. The summed E-state index contributed by atoms with van der Waals surface area (Å²) in [6.07, 6.45) is 0. The zero-order valence-corrected chi connectivity index (χ0v) is 28.4. The summed E-state index contributed by atoms with van der Waals surface area (Å²) >= 11 is 0.0859. The number of benzene rings is 7. The van der Waals surface area contributed by atoms with Gasteiger partial charge in [-0.3, -0.25) is 0 Å². The molecule has 10 aromatic rings. The molecule has 0 N–H and O–H groups in total. The number of nitrogens with zero attached hydrogens (tertiary/aromatic N) is 5. The second-order valence-electron chi connectivity index (χ2n) is 12.3. The molecular formula is C44H27N5Se. The number of fused-ring (bicyclic) bond motifs is 6. The second-order valence-corrected chi connectivity index (χ2v) is 14.4. The van der Waals surface area contributed by atoms with E-state index in [4.69, 9.17) is 19.9 Å². The molecule has 234 valence electrons. The van der Waals surface area contributed by atoms with Crippen LogP contribution in [0, 0.1) is 0 Å². The standard InChI is InChI=1S/C44H27N5Se/c1-4-13-28(14-5-1)41-46-42(30-23-26-39-36(27-30)33-19-10-11-22-38(33)49(39)31-17-8-3-9-18-31)48-43(47-41)35-21-12-20-34-32(35)24-25-37-40(34)50-44(45-37)29-15-6-2-7-16-29/h1-27H. The maximum absolute atomic E-state index is 5.20. The summed E-state index contributed by atoms with van der Waals surface area (Å²) < 4.78 is 4.78. The normalized spacial score (nSPS) is 11.6. The number of aromatic nitrogens is 5. The first-order valence-electron chi connectivity index (χ1n) is 16.6. The molecule has 0 radical (unpaired) electrons. The van der Waals surface area contributed by atoms with E-state index in [9.17, 15) is 0 Å². The van der Waals surface area contributed by atoms with Crippen molar-refractivity contribution in [3.63, 3.8) is 0 Å². The van der Waals surface area contributed by atoms with Crippen LogP contribution in [0.3, 0.4) is 0 Å². The molecule has 6 heteroatoms. The van der Waals surface area contributed by atoms with Crippen molar-refractivity contribution in [1.29, 1.82) is 0 Å². The van der Waals surface area contributed by atoms with Crippen molar-refractivity contribution < 1.29 is 0 Å². The van der Waals surface area contributed by atoms with E-state index in [1.165, 1.54) is 20.6 Å². The van der Waals surface area contributed by atoms with Crippen LogP contribution in [0.15, 0.2) is 164 Å². The van der Waals surface area contributed by atoms with E-state index in [1.807, 2.05) is 18.2 Å². The van der Waals surface area contributed by atoms with Crippen molar-refractivity contribution in [2.75, 3.05) is 0 Å². The van der Waals surface area contributed by atoms with Gasteiger partial charge in [-0.2, -0.15) is 0 Å². The van der Waals surface area contributed by atoms with Crippen LogP contribution in [0.25, 0.3) is 92.3 Å². The van der Waals surface area contributed by atoms with E-state index in [1.54, 1.807) is 0 Å². The van der Waals surface area contributed by atoms with Crippen molar-refractivity contribution in [1.82, 2.24) is 24.5 Å². The monoisotopic (exact) mass is 705 g/mol. The molecule has 0 spiro atoms. The molecule has 0 unspecified atom stereocenters. The van der Waals surface area contributed by atoms with Gasteiger partial charge in [0, 0.05) is 5.69 Å². The summed E-state index contributed by atoms with van der Waals surface area (Å²) in [4.78, 5) is 20.5. The van der Waals surface area contributed by atoms with Crippen LogP contribution in [0.5, 0.6) is 0 Å². The van der Waals surface area contributed by atoms with Gasteiger partial charge in [0.05, 0.1) is 0 Å². The van der Waals surface area contributed by atoms with E-state index >= 15 is 0 Å². The summed E-state index contributed by atoms with van der Waals surface area (Å²) in [6, 6.07) is 57.1. The van der Waals surface area contributed by atoms with E-state index in [0.717, 1.165) is 54.3 Å². The second kappa shape index (κ2) is 11.7. The number of rotatable bonds is 5. The van der Waals surface area contributed by atoms with Gasteiger partial charge in [-0.05, 0) is 18.2 Å². The Balaban J connectivity index is 1.18. The first-order valence-corrected chi connectivity index (χ1v) is 18.3. The SMILES string of the molecule is c1ccc(-c2nc(-c3ccc4c(c3)c3ccccc3n4-c3ccccc3)nc(-c3cccc4c3ccc3nc(-c5ccccc5)[se]c34)n2)cc1. The van der Waals surface area contributed by atoms with Crippen LogP contribution in [0.1, 0.15) is 0 Å². The van der Waals surface area contributed by atoms with Gasteiger partial charge >= 0.3 is 241 Å². The molecule has 10 rings (SSSR count). The molecule has 0 bridgehead atoms. The summed E-state index contributed by atoms with van der Waals surface area (Å²) in [5, 5.41) is 4.67. The molecule has 50 heavy (non-hydrogen) atoms. The Hall–Kier alpha value is -6.20. The fourth-order valence-electron chi connectivity index (χ4n) is 6.95. The number of para-hydroxylation sites is 2. The third-order valence-corrected chi connectivity index (χ3v) is 11.7. The van der Waals surface area contributed by atoms with Crippen molar-refractivity contribution >= 4 is 56.9 Å². The molecule has 3 heterocycles. The van der Waals surface area contributed by atoms with Gasteiger partial charge in [0.25, 0.3) is 0 Å². The van der Waals surface area contributed by atoms with Gasteiger partial charge in [-0.15, -0.1) is 0 Å². The number of hydrogen-bond acceptors (Lipinski definition) is 4. The summed E-state index contributed by atoms with van der Waals surface area (Å²) in [7, 11) is 0. The third-order valence-electron chi connectivity index (χ3n) is 9.29. The summed E-state index contributed by atoms with van der Waals surface area (Å²) in [6.45, 7) is 0. The number of hydrogen-bond donors (Lipinski definition) is 0. The minimum absolute atomic E-state index is 0.0859. The molecule has 0 fully saturated rings. The van der Waals surface area contributed by atoms with Crippen molar-refractivity contribution in [3.8, 4) is 50.0 Å². The topological polar surface area (TPSA) is 56.5 Å². The minimum atomic E-state index is 0.0859. The Labute approximate surface area is 293 Å². The molecule has 0 aliphatic rings. The predicted octanol–water partition coefficient (Wildman–Crippen LogP) is 10.4. The van der Waals surface area contributed by atoms with E-state index in [-0.39, 0.29) is 14.5 Å². The van der Waals surface area contributed by atoms with Gasteiger partial charge in [0.1, 0.15) is 0 Å². The zero-order valence-electron chi connectivity index (χ0n) is 26.7. The van der Waals surface area contributed by atoms with Crippen LogP contribution in [0.4, 0.5) is 0 Å². The summed E-state index contributed by atoms with van der Waals surface area (Å²) in [5.74, 6) is 1.94. The van der Waals surface area contributed by atoms with Crippen LogP contribution in [-0.4, -0.2) is 39.0 Å². The van der Waals surface area contributed by atoms with Gasteiger partial charge in [-0.25, -0.2) is 0 Å². The molecule has 0 aliphatic heterocycles. The van der Waals surface area contributed by atoms with E-state index in [0.29, 0.717) is 17.5 Å². The zero-order chi connectivity index (χ0) is 33.0. The molecule has 5 nitrogen and oxygen atoms in total. The Morgan fingerprint density at radius 3 is 1.84 bits per heavy atom. The third kappa shape index (κ3) is 4.77. The van der Waals surface area contributed by atoms with Crippen LogP contribution < -0.4 is 0 Å².